The van der Waals surface area contributed by atoms with Gasteiger partial charge >= 0.3 is 12.0 Å². The minimum atomic E-state index is -0.926. The Morgan fingerprint density at radius 2 is 1.80 bits per heavy atom. The van der Waals surface area contributed by atoms with Crippen molar-refractivity contribution in [3.8, 4) is 0 Å². The van der Waals surface area contributed by atoms with Gasteiger partial charge in [-0.1, -0.05) is 13.8 Å². The maximum Gasteiger partial charge on any atom is 0.323 e. The predicted molar refractivity (Wildman–Crippen MR) is 75.7 cm³/mol. The number of hydrogen-bond acceptors (Lipinski definition) is 3. The Hall–Kier alpha value is -1.30. The molecule has 2 aliphatic rings. The molecule has 20 heavy (non-hydrogen) atoms. The average Bonchev–Trinajstić information content (AvgIpc) is 3.15. The van der Waals surface area contributed by atoms with Crippen LogP contribution in [0.1, 0.15) is 33.1 Å². The highest BCUT2D eigenvalue weighted by molar-refractivity contribution is 5.81. The second kappa shape index (κ2) is 6.43. The number of hydrogen-bond donors (Lipinski definition) is 1. The van der Waals surface area contributed by atoms with Crippen molar-refractivity contribution >= 4 is 12.0 Å². The van der Waals surface area contributed by atoms with Crippen molar-refractivity contribution in [2.24, 2.45) is 0 Å². The summed E-state index contributed by atoms with van der Waals surface area (Å²) in [6.45, 7) is 7.54. The SMILES string of the molecule is CCN(CC)C1CCN(C(=O)N(CC(=O)O)C2CC2)C1. The Labute approximate surface area is 120 Å². The third-order valence-corrected chi connectivity index (χ3v) is 4.30. The third kappa shape index (κ3) is 3.42. The first kappa shape index (κ1) is 15.1. The molecule has 2 rings (SSSR count). The van der Waals surface area contributed by atoms with E-state index in [4.69, 9.17) is 5.11 Å². The molecule has 0 bridgehead atoms. The molecule has 1 saturated heterocycles. The van der Waals surface area contributed by atoms with E-state index >= 15 is 0 Å². The fraction of sp³-hybridized carbons (Fsp3) is 0.857. The standard InChI is InChI=1S/C14H25N3O3/c1-3-15(4-2)12-7-8-16(9-12)14(20)17(10-13(18)19)11-5-6-11/h11-12H,3-10H2,1-2H3,(H,18,19). The molecule has 0 aromatic carbocycles. The van der Waals surface area contributed by atoms with Crippen molar-refractivity contribution < 1.29 is 14.7 Å². The summed E-state index contributed by atoms with van der Waals surface area (Å²) >= 11 is 0. The van der Waals surface area contributed by atoms with Crippen LogP contribution in [0, 0.1) is 0 Å². The van der Waals surface area contributed by atoms with Crippen molar-refractivity contribution in [3.05, 3.63) is 0 Å². The highest BCUT2D eigenvalue weighted by atomic mass is 16.4. The smallest absolute Gasteiger partial charge is 0.323 e. The van der Waals surface area contributed by atoms with Gasteiger partial charge in [-0.25, -0.2) is 4.79 Å². The lowest BCUT2D eigenvalue weighted by molar-refractivity contribution is -0.137. The van der Waals surface area contributed by atoms with Crippen molar-refractivity contribution in [1.82, 2.24) is 14.7 Å². The molecule has 0 radical (unpaired) electrons. The van der Waals surface area contributed by atoms with Gasteiger partial charge in [0.25, 0.3) is 0 Å². The zero-order valence-corrected chi connectivity index (χ0v) is 12.4. The van der Waals surface area contributed by atoms with Gasteiger partial charge in [0.15, 0.2) is 0 Å². The summed E-state index contributed by atoms with van der Waals surface area (Å²) in [5.74, 6) is -0.926. The van der Waals surface area contributed by atoms with E-state index in [-0.39, 0.29) is 18.6 Å². The Morgan fingerprint density at radius 3 is 2.30 bits per heavy atom. The number of rotatable bonds is 6. The Kier molecular flexibility index (Phi) is 4.86. The summed E-state index contributed by atoms with van der Waals surface area (Å²) in [4.78, 5) is 29.1. The molecule has 2 fully saturated rings. The van der Waals surface area contributed by atoms with Gasteiger partial charge in [0.05, 0.1) is 0 Å². The van der Waals surface area contributed by atoms with Crippen LogP contribution in [0.3, 0.4) is 0 Å². The lowest BCUT2D eigenvalue weighted by atomic mass is 10.2. The van der Waals surface area contributed by atoms with Crippen LogP contribution in [-0.4, -0.2) is 76.6 Å². The van der Waals surface area contributed by atoms with Gasteiger partial charge in [-0.2, -0.15) is 0 Å². The van der Waals surface area contributed by atoms with E-state index in [1.54, 1.807) is 0 Å². The monoisotopic (exact) mass is 283 g/mol. The van der Waals surface area contributed by atoms with Gasteiger partial charge in [-0.15, -0.1) is 0 Å². The van der Waals surface area contributed by atoms with Crippen LogP contribution in [-0.2, 0) is 4.79 Å². The van der Waals surface area contributed by atoms with Crippen molar-refractivity contribution in [2.75, 3.05) is 32.7 Å². The number of carboxylic acid groups (broad SMARTS) is 1. The summed E-state index contributed by atoms with van der Waals surface area (Å²) in [6.07, 6.45) is 2.86. The third-order valence-electron chi connectivity index (χ3n) is 4.30. The van der Waals surface area contributed by atoms with Gasteiger partial charge in [-0.05, 0) is 32.4 Å². The first-order valence-electron chi connectivity index (χ1n) is 7.58. The predicted octanol–water partition coefficient (Wildman–Crippen LogP) is 1.07. The molecule has 1 unspecified atom stereocenters. The first-order chi connectivity index (χ1) is 9.56. The Bertz CT molecular complexity index is 367. The van der Waals surface area contributed by atoms with Gasteiger partial charge < -0.3 is 14.9 Å². The van der Waals surface area contributed by atoms with E-state index in [1.165, 1.54) is 4.90 Å². The van der Waals surface area contributed by atoms with Crippen LogP contribution in [0.25, 0.3) is 0 Å². The molecule has 0 spiro atoms. The number of carboxylic acids is 1. The fourth-order valence-electron chi connectivity index (χ4n) is 3.02. The second-order valence-electron chi connectivity index (χ2n) is 5.65. The van der Waals surface area contributed by atoms with Crippen LogP contribution in [0.2, 0.25) is 0 Å². The lowest BCUT2D eigenvalue weighted by Gasteiger charge is -2.29. The number of carbonyl (C=O) groups is 2. The molecular formula is C14H25N3O3. The molecule has 1 atom stereocenters. The number of carbonyl (C=O) groups excluding carboxylic acids is 1. The fourth-order valence-corrected chi connectivity index (χ4v) is 3.02. The number of likely N-dealkylation sites (tertiary alicyclic amines) is 1. The van der Waals surface area contributed by atoms with Crippen LogP contribution in [0.15, 0.2) is 0 Å². The molecule has 114 valence electrons. The van der Waals surface area contributed by atoms with Crippen molar-refractivity contribution in [3.63, 3.8) is 0 Å². The van der Waals surface area contributed by atoms with Crippen molar-refractivity contribution in [2.45, 2.75) is 45.2 Å². The van der Waals surface area contributed by atoms with Crippen molar-refractivity contribution in [1.29, 1.82) is 0 Å². The number of likely N-dealkylation sites (N-methyl/N-ethyl adjacent to an activating group) is 1. The quantitative estimate of drug-likeness (QED) is 0.792. The number of nitrogens with zero attached hydrogens (tertiary/aromatic N) is 3. The zero-order valence-electron chi connectivity index (χ0n) is 12.4. The van der Waals surface area contributed by atoms with E-state index in [9.17, 15) is 9.59 Å². The van der Waals surface area contributed by atoms with E-state index in [2.05, 4.69) is 18.7 Å². The molecule has 1 aliphatic heterocycles. The van der Waals surface area contributed by atoms with Gasteiger partial charge in [0.1, 0.15) is 6.54 Å². The van der Waals surface area contributed by atoms with Crippen LogP contribution < -0.4 is 0 Å². The average molecular weight is 283 g/mol. The molecule has 1 aliphatic carbocycles. The van der Waals surface area contributed by atoms with Gasteiger partial charge in [0.2, 0.25) is 0 Å². The summed E-state index contributed by atoms with van der Waals surface area (Å²) in [7, 11) is 0. The molecule has 0 aromatic heterocycles. The molecule has 1 saturated carbocycles. The van der Waals surface area contributed by atoms with E-state index in [0.29, 0.717) is 6.04 Å². The molecule has 6 heteroatoms. The number of urea groups is 1. The zero-order chi connectivity index (χ0) is 14.7. The van der Waals surface area contributed by atoms with Crippen LogP contribution >= 0.6 is 0 Å². The number of amides is 2. The molecule has 0 aromatic rings. The van der Waals surface area contributed by atoms with E-state index in [0.717, 1.165) is 45.4 Å². The molecule has 2 amide bonds. The minimum absolute atomic E-state index is 0.0930. The minimum Gasteiger partial charge on any atom is -0.480 e. The molecule has 1 heterocycles. The summed E-state index contributed by atoms with van der Waals surface area (Å²) in [6, 6.07) is 0.468. The highest BCUT2D eigenvalue weighted by Crippen LogP contribution is 2.28. The maximum atomic E-state index is 12.5. The van der Waals surface area contributed by atoms with E-state index in [1.807, 2.05) is 4.90 Å². The van der Waals surface area contributed by atoms with Crippen LogP contribution in [0.5, 0.6) is 0 Å². The summed E-state index contributed by atoms with van der Waals surface area (Å²) in [5, 5.41) is 8.95. The van der Waals surface area contributed by atoms with E-state index < -0.39 is 5.97 Å². The topological polar surface area (TPSA) is 64.1 Å². The normalized spacial score (nSPS) is 22.4. The largest absolute Gasteiger partial charge is 0.480 e. The summed E-state index contributed by atoms with van der Waals surface area (Å²) in [5.41, 5.74) is 0. The molecule has 1 N–H and O–H groups in total. The Morgan fingerprint density at radius 1 is 1.15 bits per heavy atom. The number of aliphatic carboxylic acids is 1. The summed E-state index contributed by atoms with van der Waals surface area (Å²) < 4.78 is 0. The maximum absolute atomic E-state index is 12.5. The molecular weight excluding hydrogens is 258 g/mol. The highest BCUT2D eigenvalue weighted by Gasteiger charge is 2.38. The Balaban J connectivity index is 1.93. The second-order valence-corrected chi connectivity index (χ2v) is 5.65. The van der Waals surface area contributed by atoms with Gasteiger partial charge in [0, 0.05) is 25.2 Å². The lowest BCUT2D eigenvalue weighted by Crippen LogP contribution is -2.47. The van der Waals surface area contributed by atoms with Gasteiger partial charge in [-0.3, -0.25) is 9.69 Å². The molecule has 6 nitrogen and oxygen atoms in total. The first-order valence-corrected chi connectivity index (χ1v) is 7.58. The van der Waals surface area contributed by atoms with Crippen LogP contribution in [0.4, 0.5) is 4.79 Å².